The molecule has 1 aliphatic rings. The molecule has 2 aromatic rings. The Kier molecular flexibility index (Phi) is 6.70. The second-order valence-corrected chi connectivity index (χ2v) is 8.05. The number of carboxylic acid groups (broad SMARTS) is 1. The van der Waals surface area contributed by atoms with Gasteiger partial charge in [-0.3, -0.25) is 4.79 Å². The Morgan fingerprint density at radius 2 is 1.79 bits per heavy atom. The van der Waals surface area contributed by atoms with E-state index >= 15 is 0 Å². The maximum atomic E-state index is 14.0. The molecule has 0 saturated heterocycles. The number of halogens is 3. The number of carbonyl (C=O) groups is 1. The molecule has 3 rings (SSSR count). The molecule has 29 heavy (non-hydrogen) atoms. The van der Waals surface area contributed by atoms with Crippen LogP contribution in [0.15, 0.2) is 30.3 Å². The van der Waals surface area contributed by atoms with E-state index in [1.807, 2.05) is 6.07 Å². The van der Waals surface area contributed by atoms with Gasteiger partial charge in [-0.1, -0.05) is 31.2 Å². The normalized spacial score (nSPS) is 20.0. The third-order valence-corrected chi connectivity index (χ3v) is 5.74. The molecule has 1 fully saturated rings. The van der Waals surface area contributed by atoms with Crippen molar-refractivity contribution in [2.24, 2.45) is 5.92 Å². The van der Waals surface area contributed by atoms with Crippen LogP contribution in [0.2, 0.25) is 0 Å². The minimum atomic E-state index is -4.52. The summed E-state index contributed by atoms with van der Waals surface area (Å²) >= 11 is 0. The van der Waals surface area contributed by atoms with E-state index in [1.165, 1.54) is 12.1 Å². The summed E-state index contributed by atoms with van der Waals surface area (Å²) in [5.74, 6) is -0.356. The number of hydrogen-bond acceptors (Lipinski definition) is 2. The summed E-state index contributed by atoms with van der Waals surface area (Å²) in [7, 11) is 0. The molecule has 0 atom stereocenters. The number of fused-ring (bicyclic) bond motifs is 1. The van der Waals surface area contributed by atoms with Crippen LogP contribution >= 0.6 is 0 Å². The molecule has 0 amide bonds. The van der Waals surface area contributed by atoms with Gasteiger partial charge in [0.1, 0.15) is 11.3 Å². The van der Waals surface area contributed by atoms with Crippen LogP contribution in [0.1, 0.15) is 63.0 Å². The fourth-order valence-corrected chi connectivity index (χ4v) is 4.13. The molecule has 0 radical (unpaired) electrons. The molecule has 1 N–H and O–H groups in total. The first-order valence-corrected chi connectivity index (χ1v) is 10.3. The predicted molar refractivity (Wildman–Crippen MR) is 106 cm³/mol. The second kappa shape index (κ2) is 9.06. The molecule has 158 valence electrons. The number of hydrogen-bond donors (Lipinski definition) is 1. The van der Waals surface area contributed by atoms with Crippen molar-refractivity contribution >= 4 is 16.7 Å². The van der Waals surface area contributed by atoms with Crippen LogP contribution in [0.3, 0.4) is 0 Å². The molecule has 0 unspecified atom stereocenters. The van der Waals surface area contributed by atoms with Gasteiger partial charge in [-0.15, -0.1) is 0 Å². The minimum absolute atomic E-state index is 0.0660. The van der Waals surface area contributed by atoms with E-state index in [0.717, 1.165) is 31.2 Å². The summed E-state index contributed by atoms with van der Waals surface area (Å²) in [6, 6.07) is 8.10. The summed E-state index contributed by atoms with van der Waals surface area (Å²) in [4.78, 5) is 10.7. The number of unbranched alkanes of at least 4 members (excludes halogenated alkanes) is 1. The van der Waals surface area contributed by atoms with Crippen LogP contribution in [0.25, 0.3) is 10.8 Å². The lowest BCUT2D eigenvalue weighted by Crippen LogP contribution is -2.24. The van der Waals surface area contributed by atoms with Gasteiger partial charge in [-0.05, 0) is 73.3 Å². The van der Waals surface area contributed by atoms with Crippen molar-refractivity contribution in [2.75, 3.05) is 0 Å². The number of aryl methyl sites for hydroxylation is 1. The van der Waals surface area contributed by atoms with Gasteiger partial charge in [-0.25, -0.2) is 0 Å². The summed E-state index contributed by atoms with van der Waals surface area (Å²) < 4.78 is 47.8. The van der Waals surface area contributed by atoms with Crippen LogP contribution < -0.4 is 4.74 Å². The van der Waals surface area contributed by atoms with Crippen molar-refractivity contribution in [2.45, 2.75) is 70.6 Å². The molecule has 6 heteroatoms. The van der Waals surface area contributed by atoms with E-state index in [2.05, 4.69) is 6.92 Å². The molecule has 3 nitrogen and oxygen atoms in total. The highest BCUT2D eigenvalue weighted by Gasteiger charge is 2.37. The Morgan fingerprint density at radius 1 is 1.07 bits per heavy atom. The SMILES string of the molecule is CC1CCC(Oc2ccc3c(CCCCC(=O)O)cccc3c2C(F)(F)F)CC1. The van der Waals surface area contributed by atoms with Gasteiger partial charge in [0.2, 0.25) is 0 Å². The van der Waals surface area contributed by atoms with Crippen LogP contribution in [-0.4, -0.2) is 17.2 Å². The van der Waals surface area contributed by atoms with Gasteiger partial charge in [0.25, 0.3) is 0 Å². The van der Waals surface area contributed by atoms with Gasteiger partial charge in [0.15, 0.2) is 0 Å². The molecule has 2 aromatic carbocycles. The number of aliphatic carboxylic acids is 1. The minimum Gasteiger partial charge on any atom is -0.490 e. The molecule has 1 saturated carbocycles. The summed E-state index contributed by atoms with van der Waals surface area (Å²) in [5.41, 5.74) is 0.0948. The quantitative estimate of drug-likeness (QED) is 0.524. The van der Waals surface area contributed by atoms with Gasteiger partial charge < -0.3 is 9.84 Å². The zero-order valence-corrected chi connectivity index (χ0v) is 16.6. The van der Waals surface area contributed by atoms with Crippen molar-refractivity contribution in [3.63, 3.8) is 0 Å². The Bertz CT molecular complexity index is 852. The summed E-state index contributed by atoms with van der Waals surface area (Å²) in [5, 5.41) is 9.45. The van der Waals surface area contributed by atoms with Crippen LogP contribution in [-0.2, 0) is 17.4 Å². The van der Waals surface area contributed by atoms with E-state index < -0.39 is 17.7 Å². The number of alkyl halides is 3. The molecule has 0 spiro atoms. The third kappa shape index (κ3) is 5.43. The highest BCUT2D eigenvalue weighted by Crippen LogP contribution is 2.43. The molecule has 0 heterocycles. The van der Waals surface area contributed by atoms with E-state index in [1.54, 1.807) is 12.1 Å². The molecule has 0 aromatic heterocycles. The van der Waals surface area contributed by atoms with E-state index in [0.29, 0.717) is 30.6 Å². The van der Waals surface area contributed by atoms with Crippen molar-refractivity contribution in [1.82, 2.24) is 0 Å². The largest absolute Gasteiger partial charge is 0.490 e. The van der Waals surface area contributed by atoms with Crippen molar-refractivity contribution in [1.29, 1.82) is 0 Å². The number of benzene rings is 2. The molecule has 1 aliphatic carbocycles. The summed E-state index contributed by atoms with van der Waals surface area (Å²) in [6.45, 7) is 2.16. The maximum absolute atomic E-state index is 14.0. The zero-order chi connectivity index (χ0) is 21.0. The van der Waals surface area contributed by atoms with Gasteiger partial charge in [0, 0.05) is 6.42 Å². The first kappa shape index (κ1) is 21.5. The van der Waals surface area contributed by atoms with Gasteiger partial charge >= 0.3 is 12.1 Å². The molecular weight excluding hydrogens is 381 g/mol. The first-order valence-electron chi connectivity index (χ1n) is 10.3. The first-order chi connectivity index (χ1) is 13.8. The standard InChI is InChI=1S/C23H27F3O3/c1-15-9-11-17(12-10-15)29-20-14-13-18-16(5-2-3-8-21(27)28)6-4-7-19(18)22(20)23(24,25)26/h4,6-7,13-15,17H,2-3,5,8-12H2,1H3,(H,27,28). The fraction of sp³-hybridized carbons (Fsp3) is 0.522. The fourth-order valence-electron chi connectivity index (χ4n) is 4.13. The monoisotopic (exact) mass is 408 g/mol. The average Bonchev–Trinajstić information content (AvgIpc) is 2.65. The smallest absolute Gasteiger partial charge is 0.420 e. The average molecular weight is 408 g/mol. The van der Waals surface area contributed by atoms with Crippen molar-refractivity contribution in [3.8, 4) is 5.75 Å². The number of carboxylic acids is 1. The number of rotatable bonds is 7. The predicted octanol–water partition coefficient (Wildman–Crippen LogP) is 6.61. The molecule has 0 bridgehead atoms. The third-order valence-electron chi connectivity index (χ3n) is 5.74. The van der Waals surface area contributed by atoms with E-state index in [4.69, 9.17) is 9.84 Å². The molecule has 0 aliphatic heterocycles. The van der Waals surface area contributed by atoms with Crippen molar-refractivity contribution in [3.05, 3.63) is 41.5 Å². The van der Waals surface area contributed by atoms with E-state index in [9.17, 15) is 18.0 Å². The van der Waals surface area contributed by atoms with Crippen LogP contribution in [0, 0.1) is 5.92 Å². The second-order valence-electron chi connectivity index (χ2n) is 8.05. The van der Waals surface area contributed by atoms with Gasteiger partial charge in [-0.2, -0.15) is 13.2 Å². The van der Waals surface area contributed by atoms with Crippen LogP contribution in [0.4, 0.5) is 13.2 Å². The Hall–Kier alpha value is -2.24. The Balaban J connectivity index is 1.90. The Morgan fingerprint density at radius 3 is 2.45 bits per heavy atom. The maximum Gasteiger partial charge on any atom is 0.420 e. The lowest BCUT2D eigenvalue weighted by atomic mass is 9.89. The topological polar surface area (TPSA) is 46.5 Å². The van der Waals surface area contributed by atoms with Crippen molar-refractivity contribution < 1.29 is 27.8 Å². The Labute approximate surface area is 168 Å². The summed E-state index contributed by atoms with van der Waals surface area (Å²) in [6.07, 6.45) is 0.534. The molecular formula is C23H27F3O3. The number of ether oxygens (including phenoxy) is 1. The highest BCUT2D eigenvalue weighted by atomic mass is 19.4. The lowest BCUT2D eigenvalue weighted by molar-refractivity contribution is -0.138. The van der Waals surface area contributed by atoms with E-state index in [-0.39, 0.29) is 23.7 Å². The van der Waals surface area contributed by atoms with Gasteiger partial charge in [0.05, 0.1) is 6.10 Å². The zero-order valence-electron chi connectivity index (χ0n) is 16.6. The van der Waals surface area contributed by atoms with Crippen LogP contribution in [0.5, 0.6) is 5.75 Å². The highest BCUT2D eigenvalue weighted by molar-refractivity contribution is 5.91. The lowest BCUT2D eigenvalue weighted by Gasteiger charge is -2.28.